The second-order valence-corrected chi connectivity index (χ2v) is 7.58. The fourth-order valence-corrected chi connectivity index (χ4v) is 2.89. The number of nitrogens with one attached hydrogen (secondary N) is 2. The Morgan fingerprint density at radius 1 is 1.08 bits per heavy atom. The Bertz CT molecular complexity index is 863. The summed E-state index contributed by atoms with van der Waals surface area (Å²) in [5.41, 5.74) is 2.90. The van der Waals surface area contributed by atoms with E-state index in [4.69, 9.17) is 4.74 Å². The molecule has 0 radical (unpaired) electrons. The zero-order chi connectivity index (χ0) is 18.4. The second-order valence-electron chi connectivity index (χ2n) is 5.84. The van der Waals surface area contributed by atoms with Crippen LogP contribution in [-0.2, 0) is 14.8 Å². The third-order valence-corrected chi connectivity index (χ3v) is 4.00. The van der Waals surface area contributed by atoms with Crippen LogP contribution in [0.1, 0.15) is 17.5 Å². The van der Waals surface area contributed by atoms with Crippen molar-refractivity contribution >= 4 is 27.3 Å². The van der Waals surface area contributed by atoms with Gasteiger partial charge in [-0.15, -0.1) is 0 Å². The van der Waals surface area contributed by atoms with Crippen molar-refractivity contribution in [1.82, 2.24) is 0 Å². The summed E-state index contributed by atoms with van der Waals surface area (Å²) in [5, 5.41) is 2.70. The number of rotatable bonds is 7. The van der Waals surface area contributed by atoms with Crippen molar-refractivity contribution in [3.63, 3.8) is 0 Å². The lowest BCUT2D eigenvalue weighted by Crippen LogP contribution is -2.17. The molecule has 1 amide bonds. The third-order valence-electron chi connectivity index (χ3n) is 3.41. The third kappa shape index (κ3) is 6.11. The Morgan fingerprint density at radius 3 is 2.40 bits per heavy atom. The van der Waals surface area contributed by atoms with Gasteiger partial charge < -0.3 is 10.1 Å². The lowest BCUT2D eigenvalue weighted by atomic mass is 10.1. The molecule has 0 saturated carbocycles. The summed E-state index contributed by atoms with van der Waals surface area (Å²) >= 11 is 0. The maximum absolute atomic E-state index is 12.1. The van der Waals surface area contributed by atoms with Crippen LogP contribution in [0, 0.1) is 13.8 Å². The second kappa shape index (κ2) is 8.02. The Hall–Kier alpha value is -2.54. The van der Waals surface area contributed by atoms with Gasteiger partial charge in [0.1, 0.15) is 5.75 Å². The summed E-state index contributed by atoms with van der Waals surface area (Å²) in [6.07, 6.45) is 1.21. The molecule has 0 spiro atoms. The molecule has 25 heavy (non-hydrogen) atoms. The first-order chi connectivity index (χ1) is 11.7. The molecule has 0 aliphatic heterocycles. The molecule has 0 heterocycles. The molecule has 0 fully saturated rings. The van der Waals surface area contributed by atoms with E-state index >= 15 is 0 Å². The van der Waals surface area contributed by atoms with Crippen LogP contribution in [0.2, 0.25) is 0 Å². The van der Waals surface area contributed by atoms with Gasteiger partial charge >= 0.3 is 0 Å². The summed E-state index contributed by atoms with van der Waals surface area (Å²) in [5.74, 6) is 0.491. The first-order valence-electron chi connectivity index (χ1n) is 7.81. The van der Waals surface area contributed by atoms with E-state index in [2.05, 4.69) is 10.0 Å². The van der Waals surface area contributed by atoms with Crippen LogP contribution in [0.3, 0.4) is 0 Å². The van der Waals surface area contributed by atoms with Crippen LogP contribution in [0.25, 0.3) is 0 Å². The highest BCUT2D eigenvalue weighted by Crippen LogP contribution is 2.22. The highest BCUT2D eigenvalue weighted by atomic mass is 32.2. The van der Waals surface area contributed by atoms with Crippen LogP contribution in [-0.4, -0.2) is 27.2 Å². The average molecular weight is 362 g/mol. The zero-order valence-corrected chi connectivity index (χ0v) is 15.3. The van der Waals surface area contributed by atoms with Crippen molar-refractivity contribution in [2.45, 2.75) is 20.3 Å². The number of anilines is 2. The minimum absolute atomic E-state index is 0.153. The minimum atomic E-state index is -3.42. The maximum atomic E-state index is 12.1. The van der Waals surface area contributed by atoms with Gasteiger partial charge in [0, 0.05) is 0 Å². The lowest BCUT2D eigenvalue weighted by molar-refractivity contribution is -0.116. The summed E-state index contributed by atoms with van der Waals surface area (Å²) < 4.78 is 30.8. The number of hydrogen-bond acceptors (Lipinski definition) is 4. The molecule has 7 heteroatoms. The molecule has 2 rings (SSSR count). The number of carbonyl (C=O) groups is 1. The van der Waals surface area contributed by atoms with Crippen molar-refractivity contribution < 1.29 is 17.9 Å². The fraction of sp³-hybridized carbons (Fsp3) is 0.278. The van der Waals surface area contributed by atoms with E-state index in [1.165, 1.54) is 0 Å². The van der Waals surface area contributed by atoms with E-state index in [0.717, 1.165) is 23.1 Å². The number of benzene rings is 2. The van der Waals surface area contributed by atoms with Gasteiger partial charge in [-0.25, -0.2) is 8.42 Å². The van der Waals surface area contributed by atoms with Crippen LogP contribution in [0.4, 0.5) is 11.4 Å². The molecule has 0 aromatic heterocycles. The van der Waals surface area contributed by atoms with Gasteiger partial charge in [-0.1, -0.05) is 29.8 Å². The Balaban J connectivity index is 1.92. The normalized spacial score (nSPS) is 11.0. The largest absolute Gasteiger partial charge is 0.493 e. The number of carbonyl (C=O) groups excluding carboxylic acids is 1. The number of para-hydroxylation sites is 2. The molecular formula is C18H22N2O4S. The molecule has 2 N–H and O–H groups in total. The molecule has 0 saturated heterocycles. The van der Waals surface area contributed by atoms with Crippen molar-refractivity contribution in [2.24, 2.45) is 0 Å². The summed E-state index contributed by atoms with van der Waals surface area (Å²) in [6, 6.07) is 12.5. The standard InChI is InChI=1S/C18H22N2O4S/c1-13-8-9-17(14(2)12-13)24-11-10-18(21)19-15-6-4-5-7-16(15)20-25(3,22)23/h4-9,12,20H,10-11H2,1-3H3,(H,19,21). The molecular weight excluding hydrogens is 340 g/mol. The van der Waals surface area contributed by atoms with E-state index in [9.17, 15) is 13.2 Å². The topological polar surface area (TPSA) is 84.5 Å². The highest BCUT2D eigenvalue weighted by Gasteiger charge is 2.10. The van der Waals surface area contributed by atoms with E-state index in [1.807, 2.05) is 32.0 Å². The van der Waals surface area contributed by atoms with Gasteiger partial charge in [0.15, 0.2) is 0 Å². The smallest absolute Gasteiger partial charge is 0.229 e. The molecule has 2 aromatic rings. The van der Waals surface area contributed by atoms with Crippen molar-refractivity contribution in [1.29, 1.82) is 0 Å². The molecule has 0 aliphatic carbocycles. The van der Waals surface area contributed by atoms with E-state index in [-0.39, 0.29) is 18.9 Å². The molecule has 134 valence electrons. The number of aryl methyl sites for hydroxylation is 2. The average Bonchev–Trinajstić information content (AvgIpc) is 2.50. The van der Waals surface area contributed by atoms with Gasteiger partial charge in [0.2, 0.25) is 15.9 Å². The molecule has 6 nitrogen and oxygen atoms in total. The summed E-state index contributed by atoms with van der Waals surface area (Å²) in [4.78, 5) is 12.1. The number of ether oxygens (including phenoxy) is 1. The van der Waals surface area contributed by atoms with Gasteiger partial charge in [0.25, 0.3) is 0 Å². The zero-order valence-electron chi connectivity index (χ0n) is 14.5. The van der Waals surface area contributed by atoms with E-state index in [1.54, 1.807) is 24.3 Å². The van der Waals surface area contributed by atoms with Crippen LogP contribution in [0.15, 0.2) is 42.5 Å². The van der Waals surface area contributed by atoms with Crippen LogP contribution >= 0.6 is 0 Å². The Morgan fingerprint density at radius 2 is 1.76 bits per heavy atom. The predicted molar refractivity (Wildman–Crippen MR) is 99.6 cm³/mol. The minimum Gasteiger partial charge on any atom is -0.493 e. The van der Waals surface area contributed by atoms with Crippen molar-refractivity contribution in [3.8, 4) is 5.75 Å². The number of amides is 1. The van der Waals surface area contributed by atoms with Gasteiger partial charge in [-0.05, 0) is 37.6 Å². The first-order valence-corrected chi connectivity index (χ1v) is 9.70. The van der Waals surface area contributed by atoms with Crippen molar-refractivity contribution in [3.05, 3.63) is 53.6 Å². The Kier molecular flexibility index (Phi) is 6.03. The first kappa shape index (κ1) is 18.8. The van der Waals surface area contributed by atoms with Crippen LogP contribution < -0.4 is 14.8 Å². The summed E-state index contributed by atoms with van der Waals surface area (Å²) in [6.45, 7) is 4.19. The predicted octanol–water partition coefficient (Wildman–Crippen LogP) is 3.08. The number of sulfonamides is 1. The van der Waals surface area contributed by atoms with E-state index in [0.29, 0.717) is 11.4 Å². The molecule has 0 atom stereocenters. The molecule has 0 unspecified atom stereocenters. The van der Waals surface area contributed by atoms with Gasteiger partial charge in [-0.2, -0.15) is 0 Å². The molecule has 2 aromatic carbocycles. The number of hydrogen-bond donors (Lipinski definition) is 2. The van der Waals surface area contributed by atoms with E-state index < -0.39 is 10.0 Å². The molecule has 0 aliphatic rings. The highest BCUT2D eigenvalue weighted by molar-refractivity contribution is 7.92. The fourth-order valence-electron chi connectivity index (χ4n) is 2.31. The van der Waals surface area contributed by atoms with Crippen LogP contribution in [0.5, 0.6) is 5.75 Å². The Labute approximate surface area is 148 Å². The van der Waals surface area contributed by atoms with Gasteiger partial charge in [0.05, 0.1) is 30.7 Å². The van der Waals surface area contributed by atoms with Gasteiger partial charge in [-0.3, -0.25) is 9.52 Å². The quantitative estimate of drug-likeness (QED) is 0.793. The summed E-state index contributed by atoms with van der Waals surface area (Å²) in [7, 11) is -3.42. The molecule has 0 bridgehead atoms. The SMILES string of the molecule is Cc1ccc(OCCC(=O)Nc2ccccc2NS(C)(=O)=O)c(C)c1. The lowest BCUT2D eigenvalue weighted by Gasteiger charge is -2.13. The maximum Gasteiger partial charge on any atom is 0.229 e. The monoisotopic (exact) mass is 362 g/mol. The van der Waals surface area contributed by atoms with Crippen molar-refractivity contribution in [2.75, 3.05) is 22.9 Å².